The molecule has 0 amide bonds. The van der Waals surface area contributed by atoms with Gasteiger partial charge in [0.05, 0.1) is 0 Å². The molecule has 18 heavy (non-hydrogen) atoms. The molecule has 1 aromatic carbocycles. The van der Waals surface area contributed by atoms with E-state index in [1.165, 1.54) is 37.1 Å². The largest absolute Gasteiger partial charge is 0.368 e. The summed E-state index contributed by atoms with van der Waals surface area (Å²) >= 11 is 3.57. The first-order valence-electron chi connectivity index (χ1n) is 6.92. The van der Waals surface area contributed by atoms with Crippen LogP contribution in [0.15, 0.2) is 22.7 Å². The molecule has 1 aliphatic heterocycles. The van der Waals surface area contributed by atoms with Crippen LogP contribution < -0.4 is 10.6 Å². The third-order valence-corrected chi connectivity index (χ3v) is 4.23. The maximum Gasteiger partial charge on any atom is 0.0402 e. The smallest absolute Gasteiger partial charge is 0.0402 e. The van der Waals surface area contributed by atoms with Gasteiger partial charge in [0.2, 0.25) is 0 Å². The van der Waals surface area contributed by atoms with Gasteiger partial charge in [-0.15, -0.1) is 0 Å². The molecule has 0 aliphatic carbocycles. The minimum atomic E-state index is 0.209. The Hall–Kier alpha value is -0.540. The summed E-state index contributed by atoms with van der Waals surface area (Å²) in [6.45, 7) is 5.55. The number of halogens is 1. The van der Waals surface area contributed by atoms with Crippen molar-refractivity contribution >= 4 is 21.6 Å². The van der Waals surface area contributed by atoms with E-state index in [2.05, 4.69) is 52.9 Å². The van der Waals surface area contributed by atoms with Crippen molar-refractivity contribution in [2.75, 3.05) is 11.4 Å². The lowest BCUT2D eigenvalue weighted by molar-refractivity contribution is 0.641. The van der Waals surface area contributed by atoms with Gasteiger partial charge in [-0.3, -0.25) is 0 Å². The number of benzene rings is 1. The summed E-state index contributed by atoms with van der Waals surface area (Å²) in [7, 11) is 0. The Morgan fingerprint density at radius 1 is 1.50 bits per heavy atom. The third-order valence-electron chi connectivity index (χ3n) is 3.74. The third kappa shape index (κ3) is 3.07. The van der Waals surface area contributed by atoms with Gasteiger partial charge in [0.1, 0.15) is 0 Å². The van der Waals surface area contributed by atoms with Crippen molar-refractivity contribution in [1.29, 1.82) is 0 Å². The van der Waals surface area contributed by atoms with Gasteiger partial charge in [-0.05, 0) is 56.4 Å². The molecule has 100 valence electrons. The lowest BCUT2D eigenvalue weighted by Crippen LogP contribution is -2.30. The highest BCUT2D eigenvalue weighted by molar-refractivity contribution is 9.10. The van der Waals surface area contributed by atoms with Gasteiger partial charge < -0.3 is 10.6 Å². The average Bonchev–Trinajstić information content (AvgIpc) is 2.76. The molecule has 1 fully saturated rings. The van der Waals surface area contributed by atoms with Crippen molar-refractivity contribution in [1.82, 2.24) is 0 Å². The maximum absolute atomic E-state index is 5.98. The molecule has 2 nitrogen and oxygen atoms in total. The number of rotatable bonds is 4. The minimum Gasteiger partial charge on any atom is -0.368 e. The fourth-order valence-corrected chi connectivity index (χ4v) is 3.33. The van der Waals surface area contributed by atoms with Crippen LogP contribution in [0.3, 0.4) is 0 Å². The molecule has 2 unspecified atom stereocenters. The van der Waals surface area contributed by atoms with E-state index < -0.39 is 0 Å². The standard InChI is InChI=1S/C15H23BrN2/c1-3-14-5-4-8-18(14)15-7-6-13(16)10-12(15)9-11(2)17/h6-7,10-11,14H,3-5,8-9,17H2,1-2H3. The zero-order valence-electron chi connectivity index (χ0n) is 11.3. The second-order valence-corrected chi connectivity index (χ2v) is 6.27. The van der Waals surface area contributed by atoms with Crippen LogP contribution in [-0.2, 0) is 6.42 Å². The van der Waals surface area contributed by atoms with E-state index in [1.54, 1.807) is 0 Å². The van der Waals surface area contributed by atoms with Crippen LogP contribution in [0.1, 0.15) is 38.7 Å². The molecule has 1 aromatic rings. The van der Waals surface area contributed by atoms with E-state index in [0.29, 0.717) is 6.04 Å². The molecule has 1 aliphatic rings. The number of hydrogen-bond acceptors (Lipinski definition) is 2. The number of anilines is 1. The van der Waals surface area contributed by atoms with Gasteiger partial charge in [0.25, 0.3) is 0 Å². The normalized spacial score (nSPS) is 21.3. The summed E-state index contributed by atoms with van der Waals surface area (Å²) in [4.78, 5) is 2.57. The summed E-state index contributed by atoms with van der Waals surface area (Å²) in [6.07, 6.45) is 4.81. The highest BCUT2D eigenvalue weighted by Gasteiger charge is 2.24. The highest BCUT2D eigenvalue weighted by atomic mass is 79.9. The van der Waals surface area contributed by atoms with Crippen LogP contribution in [0, 0.1) is 0 Å². The minimum absolute atomic E-state index is 0.209. The zero-order chi connectivity index (χ0) is 13.1. The molecule has 1 heterocycles. The summed E-state index contributed by atoms with van der Waals surface area (Å²) < 4.78 is 1.15. The molecular formula is C15H23BrN2. The number of hydrogen-bond donors (Lipinski definition) is 1. The van der Waals surface area contributed by atoms with Crippen LogP contribution in [0.2, 0.25) is 0 Å². The van der Waals surface area contributed by atoms with Gasteiger partial charge in [0, 0.05) is 28.8 Å². The molecule has 2 rings (SSSR count). The van der Waals surface area contributed by atoms with E-state index in [0.717, 1.165) is 10.9 Å². The molecule has 0 radical (unpaired) electrons. The van der Waals surface area contributed by atoms with E-state index in [9.17, 15) is 0 Å². The van der Waals surface area contributed by atoms with Gasteiger partial charge in [-0.2, -0.15) is 0 Å². The van der Waals surface area contributed by atoms with Crippen molar-refractivity contribution in [3.8, 4) is 0 Å². The summed E-state index contributed by atoms with van der Waals surface area (Å²) in [5.41, 5.74) is 8.74. The van der Waals surface area contributed by atoms with Crippen LogP contribution in [0.4, 0.5) is 5.69 Å². The van der Waals surface area contributed by atoms with E-state index >= 15 is 0 Å². The molecule has 0 aromatic heterocycles. The molecule has 2 atom stereocenters. The maximum atomic E-state index is 5.98. The lowest BCUT2D eigenvalue weighted by Gasteiger charge is -2.29. The first kappa shape index (κ1) is 13.9. The lowest BCUT2D eigenvalue weighted by atomic mass is 10.0. The van der Waals surface area contributed by atoms with Gasteiger partial charge in [-0.1, -0.05) is 22.9 Å². The Balaban J connectivity index is 2.30. The van der Waals surface area contributed by atoms with E-state index in [-0.39, 0.29) is 6.04 Å². The first-order chi connectivity index (χ1) is 8.61. The summed E-state index contributed by atoms with van der Waals surface area (Å²) in [5.74, 6) is 0. The zero-order valence-corrected chi connectivity index (χ0v) is 12.9. The van der Waals surface area contributed by atoms with Crippen LogP contribution in [0.5, 0.6) is 0 Å². The fourth-order valence-electron chi connectivity index (χ4n) is 2.92. The molecule has 1 saturated heterocycles. The highest BCUT2D eigenvalue weighted by Crippen LogP contribution is 2.32. The van der Waals surface area contributed by atoms with Crippen LogP contribution in [-0.4, -0.2) is 18.6 Å². The fraction of sp³-hybridized carbons (Fsp3) is 0.600. The Morgan fingerprint density at radius 3 is 2.94 bits per heavy atom. The molecule has 0 spiro atoms. The monoisotopic (exact) mass is 310 g/mol. The average molecular weight is 311 g/mol. The van der Waals surface area contributed by atoms with Crippen molar-refractivity contribution in [3.63, 3.8) is 0 Å². The number of nitrogens with zero attached hydrogens (tertiary/aromatic N) is 1. The predicted molar refractivity (Wildman–Crippen MR) is 82.2 cm³/mol. The van der Waals surface area contributed by atoms with Crippen molar-refractivity contribution < 1.29 is 0 Å². The second-order valence-electron chi connectivity index (χ2n) is 5.35. The molecule has 0 bridgehead atoms. The first-order valence-corrected chi connectivity index (χ1v) is 7.71. The quantitative estimate of drug-likeness (QED) is 0.918. The Bertz CT molecular complexity index is 403. The van der Waals surface area contributed by atoms with Crippen molar-refractivity contribution in [3.05, 3.63) is 28.2 Å². The van der Waals surface area contributed by atoms with E-state index in [4.69, 9.17) is 5.73 Å². The Kier molecular flexibility index (Phi) is 4.68. The Labute approximate surface area is 119 Å². The summed E-state index contributed by atoms with van der Waals surface area (Å²) in [5, 5.41) is 0. The SMILES string of the molecule is CCC1CCCN1c1ccc(Br)cc1CC(C)N. The van der Waals surface area contributed by atoms with Gasteiger partial charge in [-0.25, -0.2) is 0 Å². The molecule has 0 saturated carbocycles. The topological polar surface area (TPSA) is 29.3 Å². The van der Waals surface area contributed by atoms with Gasteiger partial charge in [0.15, 0.2) is 0 Å². The molecule has 2 N–H and O–H groups in total. The summed E-state index contributed by atoms with van der Waals surface area (Å²) in [6, 6.07) is 7.53. The van der Waals surface area contributed by atoms with Crippen LogP contribution in [0.25, 0.3) is 0 Å². The predicted octanol–water partition coefficient (Wildman–Crippen LogP) is 3.72. The molecule has 3 heteroatoms. The van der Waals surface area contributed by atoms with Crippen molar-refractivity contribution in [2.24, 2.45) is 5.73 Å². The second kappa shape index (κ2) is 6.07. The van der Waals surface area contributed by atoms with Crippen molar-refractivity contribution in [2.45, 2.75) is 51.6 Å². The molecular weight excluding hydrogens is 288 g/mol. The van der Waals surface area contributed by atoms with Gasteiger partial charge >= 0.3 is 0 Å². The number of nitrogens with two attached hydrogens (primary N) is 1. The van der Waals surface area contributed by atoms with Crippen LogP contribution >= 0.6 is 15.9 Å². The Morgan fingerprint density at radius 2 is 2.28 bits per heavy atom. The van der Waals surface area contributed by atoms with E-state index in [1.807, 2.05) is 0 Å².